The molecule has 1 rings (SSSR count). The van der Waals surface area contributed by atoms with E-state index in [1.807, 2.05) is 13.8 Å². The smallest absolute Gasteiger partial charge is 0.251 e. The summed E-state index contributed by atoms with van der Waals surface area (Å²) in [5, 5.41) is 0.132. The van der Waals surface area contributed by atoms with E-state index in [2.05, 4.69) is 15.4 Å². The average Bonchev–Trinajstić information content (AvgIpc) is 2.37. The molecular weight excluding hydrogens is 264 g/mol. The Kier molecular flexibility index (Phi) is 6.58. The molecule has 6 nitrogen and oxygen atoms in total. The molecule has 0 spiro atoms. The van der Waals surface area contributed by atoms with E-state index in [1.54, 1.807) is 0 Å². The van der Waals surface area contributed by atoms with E-state index in [-0.39, 0.29) is 16.7 Å². The number of hydrogen-bond donors (Lipinski definition) is 3. The van der Waals surface area contributed by atoms with Gasteiger partial charge in [-0.05, 0) is 12.8 Å². The molecule has 0 saturated carbocycles. The molecule has 0 aliphatic carbocycles. The first kappa shape index (κ1) is 15.7. The fourth-order valence-electron chi connectivity index (χ4n) is 1.66. The van der Waals surface area contributed by atoms with E-state index in [1.165, 1.54) is 17.8 Å². The van der Waals surface area contributed by atoms with Gasteiger partial charge < -0.3 is 4.98 Å². The molecule has 0 aliphatic rings. The van der Waals surface area contributed by atoms with Crippen LogP contribution in [0.2, 0.25) is 0 Å². The van der Waals surface area contributed by atoms with Crippen molar-refractivity contribution >= 4 is 17.7 Å². The van der Waals surface area contributed by atoms with Gasteiger partial charge in [-0.1, -0.05) is 38.5 Å². The summed E-state index contributed by atoms with van der Waals surface area (Å²) in [4.78, 5) is 30.2. The highest BCUT2D eigenvalue weighted by Gasteiger charge is 2.19. The maximum absolute atomic E-state index is 11.6. The van der Waals surface area contributed by atoms with Crippen molar-refractivity contribution in [3.8, 4) is 0 Å². The van der Waals surface area contributed by atoms with Crippen LogP contribution in [0.5, 0.6) is 0 Å². The average molecular weight is 284 g/mol. The molecule has 0 bridgehead atoms. The predicted octanol–water partition coefficient (Wildman–Crippen LogP) is 0.973. The SMILES string of the molecule is CCCc1cc(=O)[nH]c(SC(CCC)C(=O)NN)n1. The number of carbonyl (C=O) groups is 1. The van der Waals surface area contributed by atoms with Gasteiger partial charge in [0.1, 0.15) is 0 Å². The molecule has 7 heteroatoms. The second kappa shape index (κ2) is 7.96. The summed E-state index contributed by atoms with van der Waals surface area (Å²) < 4.78 is 0. The zero-order chi connectivity index (χ0) is 14.3. The number of aromatic amines is 1. The van der Waals surface area contributed by atoms with Crippen LogP contribution in [0.1, 0.15) is 38.8 Å². The maximum atomic E-state index is 11.6. The number of H-pyrrole nitrogens is 1. The minimum atomic E-state index is -0.338. The van der Waals surface area contributed by atoms with E-state index in [9.17, 15) is 9.59 Å². The van der Waals surface area contributed by atoms with Crippen molar-refractivity contribution in [3.05, 3.63) is 22.1 Å². The van der Waals surface area contributed by atoms with Crippen molar-refractivity contribution in [1.82, 2.24) is 15.4 Å². The van der Waals surface area contributed by atoms with E-state index in [0.717, 1.165) is 25.0 Å². The number of carbonyl (C=O) groups excluding carboxylic acids is 1. The Hall–Kier alpha value is -1.34. The molecule has 0 fully saturated rings. The van der Waals surface area contributed by atoms with Gasteiger partial charge in [-0.15, -0.1) is 0 Å². The molecule has 0 aliphatic heterocycles. The molecule has 106 valence electrons. The van der Waals surface area contributed by atoms with Gasteiger partial charge >= 0.3 is 0 Å². The van der Waals surface area contributed by atoms with Crippen molar-refractivity contribution in [2.24, 2.45) is 5.84 Å². The fourth-order valence-corrected chi connectivity index (χ4v) is 2.78. The quantitative estimate of drug-likeness (QED) is 0.228. The number of rotatable bonds is 7. The molecule has 0 radical (unpaired) electrons. The van der Waals surface area contributed by atoms with Crippen molar-refractivity contribution < 1.29 is 4.79 Å². The Morgan fingerprint density at radius 1 is 1.53 bits per heavy atom. The third-order valence-electron chi connectivity index (χ3n) is 2.52. The Morgan fingerprint density at radius 3 is 2.84 bits per heavy atom. The van der Waals surface area contributed by atoms with E-state index < -0.39 is 0 Å². The van der Waals surface area contributed by atoms with Crippen LogP contribution in [0.25, 0.3) is 0 Å². The van der Waals surface area contributed by atoms with Gasteiger partial charge in [-0.25, -0.2) is 10.8 Å². The lowest BCUT2D eigenvalue weighted by Gasteiger charge is -2.13. The summed E-state index contributed by atoms with van der Waals surface area (Å²) >= 11 is 1.24. The maximum Gasteiger partial charge on any atom is 0.251 e. The number of aromatic nitrogens is 2. The van der Waals surface area contributed by atoms with Crippen LogP contribution in [0.4, 0.5) is 0 Å². The number of hydrazine groups is 1. The van der Waals surface area contributed by atoms with Crippen LogP contribution in [-0.4, -0.2) is 21.1 Å². The van der Waals surface area contributed by atoms with Crippen molar-refractivity contribution in [2.45, 2.75) is 49.9 Å². The van der Waals surface area contributed by atoms with Crippen LogP contribution in [-0.2, 0) is 11.2 Å². The Labute approximate surface area is 116 Å². The van der Waals surface area contributed by atoms with Gasteiger partial charge in [-0.2, -0.15) is 0 Å². The second-order valence-electron chi connectivity index (χ2n) is 4.20. The van der Waals surface area contributed by atoms with Gasteiger partial charge in [0.25, 0.3) is 5.56 Å². The molecule has 0 aromatic carbocycles. The highest BCUT2D eigenvalue weighted by atomic mass is 32.2. The molecule has 1 heterocycles. The molecule has 1 aromatic heterocycles. The van der Waals surface area contributed by atoms with Crippen molar-refractivity contribution in [3.63, 3.8) is 0 Å². The minimum Gasteiger partial charge on any atom is -0.301 e. The second-order valence-corrected chi connectivity index (χ2v) is 5.39. The zero-order valence-electron chi connectivity index (χ0n) is 11.2. The summed E-state index contributed by atoms with van der Waals surface area (Å²) in [6.07, 6.45) is 3.20. The Balaban J connectivity index is 2.89. The Bertz CT molecular complexity index is 475. The standard InChI is InChI=1S/C12H20N4O2S/c1-3-5-8-7-10(17)15-12(14-8)19-9(6-4-2)11(18)16-13/h7,9H,3-6,13H2,1-2H3,(H,16,18)(H,14,15,17). The molecule has 1 atom stereocenters. The first-order chi connectivity index (χ1) is 9.10. The monoisotopic (exact) mass is 284 g/mol. The van der Waals surface area contributed by atoms with Crippen LogP contribution in [0.3, 0.4) is 0 Å². The highest BCUT2D eigenvalue weighted by Crippen LogP contribution is 2.22. The van der Waals surface area contributed by atoms with E-state index >= 15 is 0 Å². The van der Waals surface area contributed by atoms with Crippen LogP contribution in [0.15, 0.2) is 16.0 Å². The van der Waals surface area contributed by atoms with Gasteiger partial charge in [0.15, 0.2) is 5.16 Å². The van der Waals surface area contributed by atoms with Crippen molar-refractivity contribution in [1.29, 1.82) is 0 Å². The third-order valence-corrected chi connectivity index (χ3v) is 3.67. The highest BCUT2D eigenvalue weighted by molar-refractivity contribution is 8.00. The summed E-state index contributed by atoms with van der Waals surface area (Å²) in [7, 11) is 0. The number of nitrogens with one attached hydrogen (secondary N) is 2. The first-order valence-electron chi connectivity index (χ1n) is 6.38. The van der Waals surface area contributed by atoms with Crippen LogP contribution in [0, 0.1) is 0 Å². The van der Waals surface area contributed by atoms with Crippen LogP contribution >= 0.6 is 11.8 Å². The molecule has 1 unspecified atom stereocenters. The summed E-state index contributed by atoms with van der Waals surface area (Å²) in [5.74, 6) is 4.90. The normalized spacial score (nSPS) is 12.2. The summed E-state index contributed by atoms with van der Waals surface area (Å²) in [6.45, 7) is 4.01. The molecule has 1 aromatic rings. The predicted molar refractivity (Wildman–Crippen MR) is 75.7 cm³/mol. The number of hydrogen-bond acceptors (Lipinski definition) is 5. The number of thioether (sulfide) groups is 1. The number of nitrogens with two attached hydrogens (primary N) is 1. The largest absolute Gasteiger partial charge is 0.301 e. The van der Waals surface area contributed by atoms with Gasteiger partial charge in [0.2, 0.25) is 5.91 Å². The number of aryl methyl sites for hydroxylation is 1. The van der Waals surface area contributed by atoms with Gasteiger partial charge in [0, 0.05) is 11.8 Å². The molecule has 0 saturated heterocycles. The molecular formula is C12H20N4O2S. The lowest BCUT2D eigenvalue weighted by molar-refractivity contribution is -0.120. The molecule has 4 N–H and O–H groups in total. The van der Waals surface area contributed by atoms with E-state index in [0.29, 0.717) is 11.6 Å². The summed E-state index contributed by atoms with van der Waals surface area (Å²) in [5.41, 5.74) is 2.70. The fraction of sp³-hybridized carbons (Fsp3) is 0.583. The zero-order valence-corrected chi connectivity index (χ0v) is 12.0. The van der Waals surface area contributed by atoms with Crippen molar-refractivity contribution in [2.75, 3.05) is 0 Å². The molecule has 1 amide bonds. The third kappa shape index (κ3) is 5.04. The topological polar surface area (TPSA) is 101 Å². The van der Waals surface area contributed by atoms with Crippen LogP contribution < -0.4 is 16.8 Å². The van der Waals surface area contributed by atoms with E-state index in [4.69, 9.17) is 5.84 Å². The number of amides is 1. The summed E-state index contributed by atoms with van der Waals surface area (Å²) in [6, 6.07) is 1.49. The lowest BCUT2D eigenvalue weighted by Crippen LogP contribution is -2.37. The minimum absolute atomic E-state index is 0.190. The number of nitrogens with zero attached hydrogens (tertiary/aromatic N) is 1. The lowest BCUT2D eigenvalue weighted by atomic mass is 10.2. The van der Waals surface area contributed by atoms with Gasteiger partial charge in [-0.3, -0.25) is 15.0 Å². The molecule has 19 heavy (non-hydrogen) atoms. The Morgan fingerprint density at radius 2 is 2.26 bits per heavy atom. The first-order valence-corrected chi connectivity index (χ1v) is 7.26. The van der Waals surface area contributed by atoms with Gasteiger partial charge in [0.05, 0.1) is 5.25 Å².